The summed E-state index contributed by atoms with van der Waals surface area (Å²) >= 11 is 0. The molecule has 0 unspecified atom stereocenters. The van der Waals surface area contributed by atoms with Crippen molar-refractivity contribution in [3.05, 3.63) is 24.3 Å². The van der Waals surface area contributed by atoms with Crippen LogP contribution < -0.4 is 5.32 Å². The highest BCUT2D eigenvalue weighted by molar-refractivity contribution is 5.99. The van der Waals surface area contributed by atoms with Gasteiger partial charge in [-0.25, -0.2) is 0 Å². The van der Waals surface area contributed by atoms with E-state index >= 15 is 0 Å². The first-order valence-electron chi connectivity index (χ1n) is 5.80. The van der Waals surface area contributed by atoms with Crippen LogP contribution in [-0.2, 0) is 9.53 Å². The van der Waals surface area contributed by atoms with Gasteiger partial charge in [0, 0.05) is 12.5 Å². The highest BCUT2D eigenvalue weighted by Gasteiger charge is 2.21. The Labute approximate surface area is 106 Å². The van der Waals surface area contributed by atoms with E-state index < -0.39 is 5.60 Å². The molecule has 5 nitrogen and oxygen atoms in total. The molecule has 0 bridgehead atoms. The van der Waals surface area contributed by atoms with Crippen molar-refractivity contribution in [2.45, 2.75) is 25.9 Å². The molecule has 1 aromatic heterocycles. The van der Waals surface area contributed by atoms with Crippen molar-refractivity contribution in [1.29, 1.82) is 0 Å². The lowest BCUT2D eigenvalue weighted by molar-refractivity contribution is -0.121. The van der Waals surface area contributed by atoms with Crippen LogP contribution in [0.25, 0.3) is 10.9 Å². The number of hydrogen-bond donors (Lipinski definition) is 2. The summed E-state index contributed by atoms with van der Waals surface area (Å²) < 4.78 is 5.23. The quantitative estimate of drug-likeness (QED) is 0.871. The molecule has 0 saturated carbocycles. The van der Waals surface area contributed by atoms with Crippen molar-refractivity contribution in [1.82, 2.24) is 10.2 Å². The van der Waals surface area contributed by atoms with Gasteiger partial charge >= 0.3 is 0 Å². The van der Waals surface area contributed by atoms with Crippen LogP contribution >= 0.6 is 0 Å². The number of anilines is 1. The first-order chi connectivity index (χ1) is 8.52. The Morgan fingerprint density at radius 1 is 1.44 bits per heavy atom. The van der Waals surface area contributed by atoms with Crippen molar-refractivity contribution in [2.24, 2.45) is 0 Å². The lowest BCUT2D eigenvalue weighted by atomic mass is 10.1. The van der Waals surface area contributed by atoms with Crippen LogP contribution in [0.3, 0.4) is 0 Å². The Morgan fingerprint density at radius 2 is 2.17 bits per heavy atom. The SMILES string of the molecule is COC(C)(C)CC(=O)Nc1n[nH]c2ccccc12. The summed E-state index contributed by atoms with van der Waals surface area (Å²) in [7, 11) is 1.59. The average molecular weight is 247 g/mol. The van der Waals surface area contributed by atoms with Crippen LogP contribution in [0, 0.1) is 0 Å². The fraction of sp³-hybridized carbons (Fsp3) is 0.385. The monoisotopic (exact) mass is 247 g/mol. The summed E-state index contributed by atoms with van der Waals surface area (Å²) in [4.78, 5) is 11.9. The second kappa shape index (κ2) is 4.78. The highest BCUT2D eigenvalue weighted by atomic mass is 16.5. The fourth-order valence-electron chi connectivity index (χ4n) is 1.69. The van der Waals surface area contributed by atoms with E-state index in [2.05, 4.69) is 15.5 Å². The van der Waals surface area contributed by atoms with Crippen molar-refractivity contribution >= 4 is 22.6 Å². The van der Waals surface area contributed by atoms with Crippen LogP contribution in [0.1, 0.15) is 20.3 Å². The minimum Gasteiger partial charge on any atom is -0.378 e. The number of hydrogen-bond acceptors (Lipinski definition) is 3. The molecule has 0 aliphatic rings. The largest absolute Gasteiger partial charge is 0.378 e. The van der Waals surface area contributed by atoms with Gasteiger partial charge in [-0.3, -0.25) is 9.89 Å². The zero-order chi connectivity index (χ0) is 13.2. The van der Waals surface area contributed by atoms with Gasteiger partial charge in [-0.05, 0) is 26.0 Å². The van der Waals surface area contributed by atoms with Crippen LogP contribution in [0.15, 0.2) is 24.3 Å². The molecule has 1 aromatic carbocycles. The van der Waals surface area contributed by atoms with E-state index in [9.17, 15) is 4.79 Å². The Morgan fingerprint density at radius 3 is 2.89 bits per heavy atom. The number of carbonyl (C=O) groups excluding carboxylic acids is 1. The third-order valence-electron chi connectivity index (χ3n) is 2.87. The highest BCUT2D eigenvalue weighted by Crippen LogP contribution is 2.21. The fourth-order valence-corrected chi connectivity index (χ4v) is 1.69. The Balaban J connectivity index is 2.12. The van der Waals surface area contributed by atoms with E-state index in [4.69, 9.17) is 4.74 Å². The maximum absolute atomic E-state index is 11.9. The number of methoxy groups -OCH3 is 1. The van der Waals surface area contributed by atoms with E-state index in [1.807, 2.05) is 38.1 Å². The number of aromatic amines is 1. The molecule has 1 heterocycles. The van der Waals surface area contributed by atoms with Crippen molar-refractivity contribution in [2.75, 3.05) is 12.4 Å². The van der Waals surface area contributed by atoms with Crippen molar-refractivity contribution < 1.29 is 9.53 Å². The molecule has 1 amide bonds. The molecule has 0 atom stereocenters. The molecule has 2 N–H and O–H groups in total. The molecular weight excluding hydrogens is 230 g/mol. The van der Waals surface area contributed by atoms with Crippen LogP contribution in [0.5, 0.6) is 0 Å². The molecule has 0 aliphatic heterocycles. The second-order valence-corrected chi connectivity index (χ2v) is 4.81. The molecule has 2 aromatic rings. The first kappa shape index (κ1) is 12.6. The van der Waals surface area contributed by atoms with Gasteiger partial charge < -0.3 is 10.1 Å². The van der Waals surface area contributed by atoms with Crippen LogP contribution in [0.2, 0.25) is 0 Å². The summed E-state index contributed by atoms with van der Waals surface area (Å²) in [6.07, 6.45) is 0.282. The molecule has 0 radical (unpaired) electrons. The number of nitrogens with one attached hydrogen (secondary N) is 2. The number of H-pyrrole nitrogens is 1. The summed E-state index contributed by atoms with van der Waals surface area (Å²) in [5, 5.41) is 10.7. The molecule has 0 saturated heterocycles. The smallest absolute Gasteiger partial charge is 0.228 e. The Kier molecular flexibility index (Phi) is 3.34. The van der Waals surface area contributed by atoms with Gasteiger partial charge in [0.05, 0.1) is 17.5 Å². The zero-order valence-corrected chi connectivity index (χ0v) is 10.8. The number of fused-ring (bicyclic) bond motifs is 1. The second-order valence-electron chi connectivity index (χ2n) is 4.81. The summed E-state index contributed by atoms with van der Waals surface area (Å²) in [5.41, 5.74) is 0.426. The van der Waals surface area contributed by atoms with E-state index in [-0.39, 0.29) is 12.3 Å². The summed E-state index contributed by atoms with van der Waals surface area (Å²) in [6, 6.07) is 7.65. The molecule has 5 heteroatoms. The van der Waals surface area contributed by atoms with E-state index in [0.717, 1.165) is 10.9 Å². The predicted molar refractivity (Wildman–Crippen MR) is 70.4 cm³/mol. The lowest BCUT2D eigenvalue weighted by Crippen LogP contribution is -2.29. The van der Waals surface area contributed by atoms with Gasteiger partial charge in [-0.2, -0.15) is 5.10 Å². The number of amides is 1. The van der Waals surface area contributed by atoms with Crippen molar-refractivity contribution in [3.63, 3.8) is 0 Å². The molecule has 2 rings (SSSR count). The molecule has 18 heavy (non-hydrogen) atoms. The molecule has 96 valence electrons. The number of para-hydroxylation sites is 1. The molecular formula is C13H17N3O2. The predicted octanol–water partition coefficient (Wildman–Crippen LogP) is 2.32. The summed E-state index contributed by atoms with van der Waals surface area (Å²) in [6.45, 7) is 3.74. The number of aromatic nitrogens is 2. The standard InChI is InChI=1S/C13H17N3O2/c1-13(2,18-3)8-11(17)14-12-9-6-4-5-7-10(9)15-16-12/h4-7H,8H2,1-3H3,(H2,14,15,16,17). The summed E-state index contributed by atoms with van der Waals surface area (Å²) in [5.74, 6) is 0.446. The van der Waals surface area contributed by atoms with Gasteiger partial charge in [0.2, 0.25) is 5.91 Å². The molecule has 0 fully saturated rings. The van der Waals surface area contributed by atoms with Gasteiger partial charge in [0.15, 0.2) is 5.82 Å². The lowest BCUT2D eigenvalue weighted by Gasteiger charge is -2.21. The maximum Gasteiger partial charge on any atom is 0.228 e. The van der Waals surface area contributed by atoms with E-state index in [1.165, 1.54) is 0 Å². The van der Waals surface area contributed by atoms with Crippen LogP contribution in [0.4, 0.5) is 5.82 Å². The average Bonchev–Trinajstić information content (AvgIpc) is 2.72. The van der Waals surface area contributed by atoms with E-state index in [1.54, 1.807) is 7.11 Å². The number of rotatable bonds is 4. The third-order valence-corrected chi connectivity index (χ3v) is 2.87. The first-order valence-corrected chi connectivity index (χ1v) is 5.80. The maximum atomic E-state index is 11.9. The molecule has 0 spiro atoms. The van der Waals surface area contributed by atoms with Crippen molar-refractivity contribution in [3.8, 4) is 0 Å². The normalized spacial score (nSPS) is 11.7. The molecule has 0 aliphatic carbocycles. The zero-order valence-electron chi connectivity index (χ0n) is 10.8. The van der Waals surface area contributed by atoms with Gasteiger partial charge in [0.1, 0.15) is 0 Å². The van der Waals surface area contributed by atoms with Gasteiger partial charge in [-0.15, -0.1) is 0 Å². The number of ether oxygens (including phenoxy) is 1. The number of nitrogens with zero attached hydrogens (tertiary/aromatic N) is 1. The van der Waals surface area contributed by atoms with Gasteiger partial charge in [-0.1, -0.05) is 12.1 Å². The minimum atomic E-state index is -0.476. The third kappa shape index (κ3) is 2.68. The van der Waals surface area contributed by atoms with E-state index in [0.29, 0.717) is 5.82 Å². The Bertz CT molecular complexity index is 560. The van der Waals surface area contributed by atoms with Crippen LogP contribution in [-0.4, -0.2) is 28.8 Å². The minimum absolute atomic E-state index is 0.112. The number of benzene rings is 1. The topological polar surface area (TPSA) is 67.0 Å². The number of carbonyl (C=O) groups is 1. The van der Waals surface area contributed by atoms with Gasteiger partial charge in [0.25, 0.3) is 0 Å². The Hall–Kier alpha value is -1.88.